The van der Waals surface area contributed by atoms with Crippen LogP contribution < -0.4 is 11.2 Å². The average molecular weight is 287 g/mol. The number of H-pyrrole nitrogens is 1. The van der Waals surface area contributed by atoms with E-state index in [0.717, 1.165) is 13.2 Å². The molecule has 4 nitrogen and oxygen atoms in total. The highest BCUT2D eigenvalue weighted by Gasteiger charge is 2.03. The summed E-state index contributed by atoms with van der Waals surface area (Å²) in [6, 6.07) is 5.11. The van der Waals surface area contributed by atoms with Gasteiger partial charge in [0.15, 0.2) is 0 Å². The summed E-state index contributed by atoms with van der Waals surface area (Å²) in [5.74, 6) is 0. The standard InChI is InChI=1S/C9H7BrN2O2S/c10-7-2-1-6(15-7)5-12-8(13)3-4-11-9(12)14/h1-4H,5H2,(H,11,14). The number of hydrogen-bond donors (Lipinski definition) is 1. The first-order chi connectivity index (χ1) is 7.16. The second-order valence-corrected chi connectivity index (χ2v) is 5.46. The van der Waals surface area contributed by atoms with Gasteiger partial charge in [-0.25, -0.2) is 4.79 Å². The van der Waals surface area contributed by atoms with Gasteiger partial charge in [-0.2, -0.15) is 0 Å². The minimum Gasteiger partial charge on any atom is -0.314 e. The number of rotatable bonds is 2. The second-order valence-electron chi connectivity index (χ2n) is 2.91. The van der Waals surface area contributed by atoms with E-state index in [9.17, 15) is 9.59 Å². The van der Waals surface area contributed by atoms with E-state index in [4.69, 9.17) is 0 Å². The summed E-state index contributed by atoms with van der Waals surface area (Å²) >= 11 is 4.83. The zero-order valence-electron chi connectivity index (χ0n) is 7.57. The van der Waals surface area contributed by atoms with Crippen LogP contribution in [0.2, 0.25) is 0 Å². The third-order valence-corrected chi connectivity index (χ3v) is 3.50. The molecule has 2 aromatic rings. The van der Waals surface area contributed by atoms with E-state index in [1.54, 1.807) is 0 Å². The van der Waals surface area contributed by atoms with Gasteiger partial charge in [-0.3, -0.25) is 9.36 Å². The number of nitrogens with zero attached hydrogens (tertiary/aromatic N) is 1. The van der Waals surface area contributed by atoms with Gasteiger partial charge in [0.2, 0.25) is 0 Å². The molecule has 0 unspecified atom stereocenters. The third kappa shape index (κ3) is 2.27. The first-order valence-corrected chi connectivity index (χ1v) is 5.80. The molecule has 2 rings (SSSR count). The molecule has 78 valence electrons. The summed E-state index contributed by atoms with van der Waals surface area (Å²) in [4.78, 5) is 26.2. The molecule has 0 aliphatic rings. The molecule has 2 aromatic heterocycles. The number of nitrogens with one attached hydrogen (secondary N) is 1. The van der Waals surface area contributed by atoms with Gasteiger partial charge in [0, 0.05) is 17.1 Å². The van der Waals surface area contributed by atoms with Crippen molar-refractivity contribution in [1.29, 1.82) is 0 Å². The van der Waals surface area contributed by atoms with Crippen LogP contribution in [0.4, 0.5) is 0 Å². The molecule has 0 spiro atoms. The lowest BCUT2D eigenvalue weighted by Gasteiger charge is -2.00. The third-order valence-electron chi connectivity index (χ3n) is 1.89. The second kappa shape index (κ2) is 4.16. The Bertz CT molecular complexity index is 556. The lowest BCUT2D eigenvalue weighted by molar-refractivity contribution is 0.706. The van der Waals surface area contributed by atoms with Crippen LogP contribution in [0.25, 0.3) is 0 Å². The molecular weight excluding hydrogens is 280 g/mol. The van der Waals surface area contributed by atoms with Crippen LogP contribution in [0.1, 0.15) is 4.88 Å². The summed E-state index contributed by atoms with van der Waals surface area (Å²) in [5, 5.41) is 0. The van der Waals surface area contributed by atoms with Crippen LogP contribution in [0.5, 0.6) is 0 Å². The van der Waals surface area contributed by atoms with Crippen LogP contribution in [-0.4, -0.2) is 9.55 Å². The highest BCUT2D eigenvalue weighted by molar-refractivity contribution is 9.11. The fraction of sp³-hybridized carbons (Fsp3) is 0.111. The first-order valence-electron chi connectivity index (χ1n) is 4.19. The maximum atomic E-state index is 11.4. The van der Waals surface area contributed by atoms with Gasteiger partial charge in [-0.1, -0.05) is 0 Å². The Balaban J connectivity index is 2.40. The molecule has 0 bridgehead atoms. The van der Waals surface area contributed by atoms with Gasteiger partial charge in [0.05, 0.1) is 10.3 Å². The highest BCUT2D eigenvalue weighted by atomic mass is 79.9. The number of hydrogen-bond acceptors (Lipinski definition) is 3. The molecule has 2 heterocycles. The quantitative estimate of drug-likeness (QED) is 0.908. The van der Waals surface area contributed by atoms with Gasteiger partial charge >= 0.3 is 5.69 Å². The lowest BCUT2D eigenvalue weighted by Crippen LogP contribution is -2.33. The van der Waals surface area contributed by atoms with Crippen LogP contribution in [0.15, 0.2) is 37.8 Å². The van der Waals surface area contributed by atoms with Gasteiger partial charge in [-0.05, 0) is 28.1 Å². The summed E-state index contributed by atoms with van der Waals surface area (Å²) in [7, 11) is 0. The van der Waals surface area contributed by atoms with Gasteiger partial charge in [0.1, 0.15) is 0 Å². The van der Waals surface area contributed by atoms with E-state index < -0.39 is 0 Å². The van der Waals surface area contributed by atoms with Crippen molar-refractivity contribution < 1.29 is 0 Å². The molecule has 15 heavy (non-hydrogen) atoms. The number of halogens is 1. The Morgan fingerprint density at radius 1 is 1.33 bits per heavy atom. The molecule has 0 saturated heterocycles. The Labute approximate surface area is 97.3 Å². The van der Waals surface area contributed by atoms with Gasteiger partial charge < -0.3 is 4.98 Å². The van der Waals surface area contributed by atoms with Crippen molar-refractivity contribution in [2.75, 3.05) is 0 Å². The number of thiophene rings is 1. The molecule has 0 fully saturated rings. The van der Waals surface area contributed by atoms with Crippen LogP contribution in [0, 0.1) is 0 Å². The normalized spacial score (nSPS) is 10.5. The molecule has 0 atom stereocenters. The highest BCUT2D eigenvalue weighted by Crippen LogP contribution is 2.21. The van der Waals surface area contributed by atoms with Crippen LogP contribution >= 0.6 is 27.3 Å². The fourth-order valence-electron chi connectivity index (χ4n) is 1.19. The van der Waals surface area contributed by atoms with Crippen molar-refractivity contribution in [2.24, 2.45) is 0 Å². The van der Waals surface area contributed by atoms with E-state index in [1.807, 2.05) is 12.1 Å². The monoisotopic (exact) mass is 286 g/mol. The van der Waals surface area contributed by atoms with Crippen molar-refractivity contribution >= 4 is 27.3 Å². The van der Waals surface area contributed by atoms with Crippen LogP contribution in [-0.2, 0) is 6.54 Å². The molecule has 1 N–H and O–H groups in total. The van der Waals surface area contributed by atoms with Crippen molar-refractivity contribution in [3.8, 4) is 0 Å². The molecule has 0 amide bonds. The largest absolute Gasteiger partial charge is 0.328 e. The van der Waals surface area contributed by atoms with Crippen molar-refractivity contribution in [3.05, 3.63) is 53.9 Å². The molecule has 0 aliphatic carbocycles. The zero-order chi connectivity index (χ0) is 10.8. The van der Waals surface area contributed by atoms with E-state index in [-0.39, 0.29) is 11.2 Å². The molecule has 0 aliphatic heterocycles. The van der Waals surface area contributed by atoms with Crippen molar-refractivity contribution in [2.45, 2.75) is 6.54 Å². The van der Waals surface area contributed by atoms with E-state index >= 15 is 0 Å². The Hall–Kier alpha value is -1.14. The van der Waals surface area contributed by atoms with Gasteiger partial charge in [-0.15, -0.1) is 11.3 Å². The maximum Gasteiger partial charge on any atom is 0.328 e. The fourth-order valence-corrected chi connectivity index (χ4v) is 2.67. The minimum atomic E-state index is -0.382. The predicted molar refractivity (Wildman–Crippen MR) is 62.4 cm³/mol. The van der Waals surface area contributed by atoms with Gasteiger partial charge in [0.25, 0.3) is 5.56 Å². The molecular formula is C9H7BrN2O2S. The van der Waals surface area contributed by atoms with E-state index in [0.29, 0.717) is 6.54 Å². The molecule has 0 aromatic carbocycles. The van der Waals surface area contributed by atoms with Crippen LogP contribution in [0.3, 0.4) is 0 Å². The Morgan fingerprint density at radius 3 is 2.73 bits per heavy atom. The topological polar surface area (TPSA) is 54.9 Å². The smallest absolute Gasteiger partial charge is 0.314 e. The Kier molecular flexibility index (Phi) is 2.88. The average Bonchev–Trinajstić information content (AvgIpc) is 2.58. The number of aromatic amines is 1. The molecule has 0 radical (unpaired) electrons. The molecule has 0 saturated carbocycles. The van der Waals surface area contributed by atoms with E-state index in [1.165, 1.54) is 23.6 Å². The first kappa shape index (κ1) is 10.4. The van der Waals surface area contributed by atoms with Crippen molar-refractivity contribution in [3.63, 3.8) is 0 Å². The van der Waals surface area contributed by atoms with E-state index in [2.05, 4.69) is 20.9 Å². The zero-order valence-corrected chi connectivity index (χ0v) is 9.97. The SMILES string of the molecule is O=c1cc[nH]c(=O)n1Cc1ccc(Br)s1. The number of aromatic nitrogens is 2. The van der Waals surface area contributed by atoms with Crippen molar-refractivity contribution in [1.82, 2.24) is 9.55 Å². The minimum absolute atomic E-state index is 0.289. The predicted octanol–water partition coefficient (Wildman–Crippen LogP) is 1.41. The lowest BCUT2D eigenvalue weighted by atomic mass is 10.4. The molecule has 6 heteroatoms. The summed E-state index contributed by atoms with van der Waals surface area (Å²) < 4.78 is 2.15. The summed E-state index contributed by atoms with van der Waals surface area (Å²) in [5.41, 5.74) is -0.671. The summed E-state index contributed by atoms with van der Waals surface area (Å²) in [6.07, 6.45) is 1.35. The summed E-state index contributed by atoms with van der Waals surface area (Å²) in [6.45, 7) is 0.311. The maximum absolute atomic E-state index is 11.4. The Morgan fingerprint density at radius 2 is 2.13 bits per heavy atom.